The average Bonchev–Trinajstić information content (AvgIpc) is 2.35. The zero-order valence-corrected chi connectivity index (χ0v) is 11.8. The van der Waals surface area contributed by atoms with Crippen LogP contribution in [0.25, 0.3) is 0 Å². The molecule has 0 saturated carbocycles. The molecular formula is C13H15ClO4S. The van der Waals surface area contributed by atoms with E-state index in [9.17, 15) is 9.59 Å². The van der Waals surface area contributed by atoms with Crippen molar-refractivity contribution in [3.63, 3.8) is 0 Å². The van der Waals surface area contributed by atoms with Crippen molar-refractivity contribution in [1.82, 2.24) is 0 Å². The average molecular weight is 303 g/mol. The molecule has 0 spiro atoms. The Balaban J connectivity index is 2.91. The van der Waals surface area contributed by atoms with E-state index in [2.05, 4.69) is 12.6 Å². The monoisotopic (exact) mass is 302 g/mol. The van der Waals surface area contributed by atoms with Crippen molar-refractivity contribution >= 4 is 36.2 Å². The summed E-state index contributed by atoms with van der Waals surface area (Å²) in [5, 5.41) is 18.5. The van der Waals surface area contributed by atoms with Crippen molar-refractivity contribution < 1.29 is 19.8 Å². The van der Waals surface area contributed by atoms with Crippen molar-refractivity contribution in [2.75, 3.05) is 5.75 Å². The van der Waals surface area contributed by atoms with Crippen LogP contribution in [0.4, 0.5) is 0 Å². The van der Waals surface area contributed by atoms with Crippen LogP contribution < -0.4 is 0 Å². The molecule has 19 heavy (non-hydrogen) atoms. The Bertz CT molecular complexity index is 476. The van der Waals surface area contributed by atoms with Gasteiger partial charge in [0.1, 0.15) is 0 Å². The minimum atomic E-state index is -1.06. The van der Waals surface area contributed by atoms with E-state index in [0.717, 1.165) is 0 Å². The zero-order valence-electron chi connectivity index (χ0n) is 10.2. The second-order valence-electron chi connectivity index (χ2n) is 4.22. The predicted octanol–water partition coefficient (Wildman–Crippen LogP) is 2.99. The Morgan fingerprint density at radius 1 is 1.32 bits per heavy atom. The smallest absolute Gasteiger partial charge is 0.335 e. The van der Waals surface area contributed by atoms with Crippen molar-refractivity contribution in [3.05, 3.63) is 34.3 Å². The third-order valence-corrected chi connectivity index (χ3v) is 3.50. The van der Waals surface area contributed by atoms with Crippen LogP contribution in [0.15, 0.2) is 18.2 Å². The second kappa shape index (κ2) is 7.40. The summed E-state index contributed by atoms with van der Waals surface area (Å²) in [5.41, 5.74) is 0.658. The second-order valence-corrected chi connectivity index (χ2v) is 5.07. The number of halogens is 1. The molecule has 0 aromatic heterocycles. The lowest BCUT2D eigenvalue weighted by atomic mass is 9.94. The summed E-state index contributed by atoms with van der Waals surface area (Å²) in [6, 6.07) is 4.32. The van der Waals surface area contributed by atoms with E-state index in [-0.39, 0.29) is 12.0 Å². The molecule has 0 heterocycles. The first-order chi connectivity index (χ1) is 8.95. The number of hydrogen-bond acceptors (Lipinski definition) is 3. The lowest BCUT2D eigenvalue weighted by Gasteiger charge is -2.13. The predicted molar refractivity (Wildman–Crippen MR) is 76.3 cm³/mol. The Labute approximate surface area is 121 Å². The summed E-state index contributed by atoms with van der Waals surface area (Å²) in [5.74, 6) is -1.92. The number of carbonyl (C=O) groups is 2. The number of aromatic carboxylic acids is 1. The van der Waals surface area contributed by atoms with E-state index in [1.165, 1.54) is 18.2 Å². The van der Waals surface area contributed by atoms with Gasteiger partial charge in [-0.05, 0) is 48.8 Å². The summed E-state index contributed by atoms with van der Waals surface area (Å²) in [6.07, 6.45) is 1.41. The highest BCUT2D eigenvalue weighted by molar-refractivity contribution is 7.80. The molecule has 0 aliphatic rings. The largest absolute Gasteiger partial charge is 0.481 e. The van der Waals surface area contributed by atoms with Gasteiger partial charge in [-0.15, -0.1) is 0 Å². The van der Waals surface area contributed by atoms with Crippen molar-refractivity contribution in [1.29, 1.82) is 0 Å². The normalized spacial score (nSPS) is 12.1. The molecule has 1 atom stereocenters. The minimum Gasteiger partial charge on any atom is -0.481 e. The molecule has 0 fully saturated rings. The van der Waals surface area contributed by atoms with Crippen molar-refractivity contribution in [3.8, 4) is 0 Å². The number of carboxylic acids is 2. The van der Waals surface area contributed by atoms with Crippen LogP contribution in [0.1, 0.15) is 28.8 Å². The fourth-order valence-electron chi connectivity index (χ4n) is 1.78. The molecule has 0 bridgehead atoms. The number of carboxylic acid groups (broad SMARTS) is 2. The molecule has 1 rings (SSSR count). The summed E-state index contributed by atoms with van der Waals surface area (Å²) < 4.78 is 0. The van der Waals surface area contributed by atoms with Crippen LogP contribution in [0.5, 0.6) is 0 Å². The number of aliphatic carboxylic acids is 1. The van der Waals surface area contributed by atoms with Crippen LogP contribution in [-0.2, 0) is 11.2 Å². The van der Waals surface area contributed by atoms with E-state index in [4.69, 9.17) is 21.8 Å². The topological polar surface area (TPSA) is 74.6 Å². The molecular weight excluding hydrogens is 288 g/mol. The van der Waals surface area contributed by atoms with Crippen LogP contribution in [0, 0.1) is 5.92 Å². The van der Waals surface area contributed by atoms with Crippen LogP contribution >= 0.6 is 24.2 Å². The van der Waals surface area contributed by atoms with Gasteiger partial charge >= 0.3 is 11.9 Å². The maximum Gasteiger partial charge on any atom is 0.335 e. The molecule has 1 aromatic rings. The molecule has 0 radical (unpaired) electrons. The van der Waals surface area contributed by atoms with Gasteiger partial charge in [-0.3, -0.25) is 4.79 Å². The third kappa shape index (κ3) is 4.76. The van der Waals surface area contributed by atoms with Gasteiger partial charge in [0.2, 0.25) is 0 Å². The standard InChI is InChI=1S/C13H15ClO4S/c14-11-4-3-9(13(17)18)7-10(11)6-8(12(15)16)2-1-5-19/h3-4,7-8,19H,1-2,5-6H2,(H,15,16)(H,17,18). The summed E-state index contributed by atoms with van der Waals surface area (Å²) in [6.45, 7) is 0. The molecule has 4 nitrogen and oxygen atoms in total. The summed E-state index contributed by atoms with van der Waals surface area (Å²) >= 11 is 10.0. The number of rotatable bonds is 7. The molecule has 1 aromatic carbocycles. The highest BCUT2D eigenvalue weighted by atomic mass is 35.5. The Kier molecular flexibility index (Phi) is 6.18. The van der Waals surface area contributed by atoms with Gasteiger partial charge in [0, 0.05) is 5.02 Å². The van der Waals surface area contributed by atoms with E-state index in [0.29, 0.717) is 29.2 Å². The molecule has 104 valence electrons. The maximum atomic E-state index is 11.2. The summed E-state index contributed by atoms with van der Waals surface area (Å²) in [4.78, 5) is 22.0. The number of benzene rings is 1. The van der Waals surface area contributed by atoms with Gasteiger partial charge in [0.25, 0.3) is 0 Å². The maximum absolute atomic E-state index is 11.2. The molecule has 2 N–H and O–H groups in total. The van der Waals surface area contributed by atoms with Gasteiger partial charge < -0.3 is 10.2 Å². The molecule has 1 unspecified atom stereocenters. The van der Waals surface area contributed by atoms with E-state index in [1.807, 2.05) is 0 Å². The molecule has 0 aliphatic carbocycles. The van der Waals surface area contributed by atoms with Crippen molar-refractivity contribution in [2.24, 2.45) is 5.92 Å². The number of thiol groups is 1. The van der Waals surface area contributed by atoms with Gasteiger partial charge in [-0.2, -0.15) is 12.6 Å². The van der Waals surface area contributed by atoms with Crippen LogP contribution in [0.3, 0.4) is 0 Å². The first-order valence-electron chi connectivity index (χ1n) is 5.81. The Morgan fingerprint density at radius 2 is 2.00 bits per heavy atom. The van der Waals surface area contributed by atoms with Crippen molar-refractivity contribution in [2.45, 2.75) is 19.3 Å². The fourth-order valence-corrected chi connectivity index (χ4v) is 2.16. The Morgan fingerprint density at radius 3 is 2.53 bits per heavy atom. The molecule has 6 heteroatoms. The Hall–Kier alpha value is -1.20. The van der Waals surface area contributed by atoms with E-state index >= 15 is 0 Å². The molecule has 0 amide bonds. The number of hydrogen-bond donors (Lipinski definition) is 3. The highest BCUT2D eigenvalue weighted by Crippen LogP contribution is 2.23. The minimum absolute atomic E-state index is 0.109. The summed E-state index contributed by atoms with van der Waals surface area (Å²) in [7, 11) is 0. The quantitative estimate of drug-likeness (QED) is 0.677. The van der Waals surface area contributed by atoms with Crippen LogP contribution in [-0.4, -0.2) is 27.9 Å². The van der Waals surface area contributed by atoms with Gasteiger partial charge in [0.15, 0.2) is 0 Å². The van der Waals surface area contributed by atoms with Crippen LogP contribution in [0.2, 0.25) is 5.02 Å². The first-order valence-corrected chi connectivity index (χ1v) is 6.82. The first kappa shape index (κ1) is 15.9. The van der Waals surface area contributed by atoms with Gasteiger partial charge in [0.05, 0.1) is 11.5 Å². The zero-order chi connectivity index (χ0) is 14.4. The van der Waals surface area contributed by atoms with E-state index < -0.39 is 17.9 Å². The lowest BCUT2D eigenvalue weighted by Crippen LogP contribution is -2.17. The van der Waals surface area contributed by atoms with E-state index in [1.54, 1.807) is 0 Å². The SMILES string of the molecule is O=C(O)c1ccc(Cl)c(CC(CCCS)C(=O)O)c1. The lowest BCUT2D eigenvalue weighted by molar-refractivity contribution is -0.141. The third-order valence-electron chi connectivity index (χ3n) is 2.82. The fraction of sp³-hybridized carbons (Fsp3) is 0.385. The highest BCUT2D eigenvalue weighted by Gasteiger charge is 2.19. The molecule has 0 aliphatic heterocycles. The molecule has 0 saturated heterocycles. The van der Waals surface area contributed by atoms with Gasteiger partial charge in [-0.1, -0.05) is 11.6 Å². The van der Waals surface area contributed by atoms with Gasteiger partial charge in [-0.25, -0.2) is 4.79 Å².